The molecule has 6 heteroatoms. The maximum absolute atomic E-state index is 13.8. The molecule has 0 saturated carbocycles. The fraction of sp³-hybridized carbons (Fsp3) is 0.0952. The zero-order chi connectivity index (χ0) is 19.6. The Morgan fingerprint density at radius 1 is 0.815 bits per heavy atom. The molecule has 138 valence electrons. The van der Waals surface area contributed by atoms with Crippen molar-refractivity contribution in [3.8, 4) is 22.4 Å². The van der Waals surface area contributed by atoms with Crippen LogP contribution in [0.15, 0.2) is 60.6 Å². The molecule has 0 aliphatic carbocycles. The second kappa shape index (κ2) is 7.70. The van der Waals surface area contributed by atoms with Crippen LogP contribution in [0.3, 0.4) is 0 Å². The summed E-state index contributed by atoms with van der Waals surface area (Å²) in [5, 5.41) is 0. The number of allylic oxidation sites excluding steroid dienone is 1. The van der Waals surface area contributed by atoms with Crippen LogP contribution < -0.4 is 0 Å². The van der Waals surface area contributed by atoms with Gasteiger partial charge in [0.2, 0.25) is 0 Å². The average Bonchev–Trinajstić information content (AvgIpc) is 2.70. The normalized spacial score (nSPS) is 12.1. The molecule has 27 heavy (non-hydrogen) atoms. The van der Waals surface area contributed by atoms with E-state index < -0.39 is 29.1 Å². The van der Waals surface area contributed by atoms with Gasteiger partial charge in [0.15, 0.2) is 23.3 Å². The Morgan fingerprint density at radius 3 is 1.93 bits per heavy atom. The zero-order valence-corrected chi connectivity index (χ0v) is 14.2. The maximum atomic E-state index is 13.8. The standard InChI is InChI=1S/C21H14F5N/c1-2-16(22)20(25)13-5-3-12(4-6-13)19-8-7-14(11-27-19)15-9-17(23)21(26)18(24)10-15/h3-11H,2H2,1H3. The van der Waals surface area contributed by atoms with Crippen LogP contribution in [0.2, 0.25) is 0 Å². The molecule has 2 aromatic carbocycles. The molecule has 0 spiro atoms. The van der Waals surface area contributed by atoms with Crippen LogP contribution in [-0.4, -0.2) is 4.98 Å². The van der Waals surface area contributed by atoms with Crippen LogP contribution >= 0.6 is 0 Å². The maximum Gasteiger partial charge on any atom is 0.194 e. The topological polar surface area (TPSA) is 12.9 Å². The summed E-state index contributed by atoms with van der Waals surface area (Å²) in [5.41, 5.74) is 1.89. The minimum absolute atomic E-state index is 0.0266. The molecule has 1 nitrogen and oxygen atoms in total. The first-order valence-electron chi connectivity index (χ1n) is 8.16. The third kappa shape index (κ3) is 3.89. The molecule has 0 N–H and O–H groups in total. The second-order valence-electron chi connectivity index (χ2n) is 5.84. The number of nitrogens with zero attached hydrogens (tertiary/aromatic N) is 1. The summed E-state index contributed by atoms with van der Waals surface area (Å²) in [7, 11) is 0. The number of benzene rings is 2. The second-order valence-corrected chi connectivity index (χ2v) is 5.84. The van der Waals surface area contributed by atoms with E-state index in [4.69, 9.17) is 0 Å². The Hall–Kier alpha value is -3.02. The molecule has 1 aromatic heterocycles. The quantitative estimate of drug-likeness (QED) is 0.359. The Kier molecular flexibility index (Phi) is 5.35. The van der Waals surface area contributed by atoms with Gasteiger partial charge in [-0.3, -0.25) is 4.98 Å². The van der Waals surface area contributed by atoms with Gasteiger partial charge in [0.05, 0.1) is 5.69 Å². The minimum Gasteiger partial charge on any atom is -0.256 e. The summed E-state index contributed by atoms with van der Waals surface area (Å²) in [5.74, 6) is -5.79. The van der Waals surface area contributed by atoms with E-state index in [1.165, 1.54) is 25.3 Å². The van der Waals surface area contributed by atoms with Crippen LogP contribution in [0, 0.1) is 17.5 Å². The van der Waals surface area contributed by atoms with Crippen molar-refractivity contribution in [1.29, 1.82) is 0 Å². The molecule has 3 aromatic rings. The molecule has 0 radical (unpaired) electrons. The number of pyridine rings is 1. The highest BCUT2D eigenvalue weighted by molar-refractivity contribution is 5.69. The monoisotopic (exact) mass is 375 g/mol. The SMILES string of the molecule is CCC(F)=C(F)c1ccc(-c2ccc(-c3cc(F)c(F)c(F)c3)cn2)cc1. The van der Waals surface area contributed by atoms with Crippen molar-refractivity contribution in [3.63, 3.8) is 0 Å². The van der Waals surface area contributed by atoms with E-state index in [1.54, 1.807) is 24.3 Å². The molecule has 0 aliphatic rings. The van der Waals surface area contributed by atoms with Crippen molar-refractivity contribution in [2.75, 3.05) is 0 Å². The molecule has 0 fully saturated rings. The Bertz CT molecular complexity index is 969. The van der Waals surface area contributed by atoms with Gasteiger partial charge < -0.3 is 0 Å². The summed E-state index contributed by atoms with van der Waals surface area (Å²) < 4.78 is 66.9. The highest BCUT2D eigenvalue weighted by Gasteiger charge is 2.12. The fourth-order valence-corrected chi connectivity index (χ4v) is 2.56. The molecule has 0 bridgehead atoms. The Balaban J connectivity index is 1.88. The lowest BCUT2D eigenvalue weighted by molar-refractivity contribution is 0.447. The molecule has 0 saturated heterocycles. The summed E-state index contributed by atoms with van der Waals surface area (Å²) in [6.45, 7) is 1.52. The third-order valence-corrected chi connectivity index (χ3v) is 4.06. The lowest BCUT2D eigenvalue weighted by atomic mass is 10.0. The molecular formula is C21H14F5N. The van der Waals surface area contributed by atoms with Gasteiger partial charge in [-0.05, 0) is 30.2 Å². The molecule has 0 unspecified atom stereocenters. The highest BCUT2D eigenvalue weighted by Crippen LogP contribution is 2.28. The first-order chi connectivity index (χ1) is 12.9. The number of aromatic nitrogens is 1. The molecule has 0 atom stereocenters. The Morgan fingerprint density at radius 2 is 1.41 bits per heavy atom. The smallest absolute Gasteiger partial charge is 0.194 e. The van der Waals surface area contributed by atoms with Gasteiger partial charge in [0.25, 0.3) is 0 Å². The number of hydrogen-bond donors (Lipinski definition) is 0. The van der Waals surface area contributed by atoms with Gasteiger partial charge in [-0.25, -0.2) is 22.0 Å². The van der Waals surface area contributed by atoms with Crippen LogP contribution in [0.1, 0.15) is 18.9 Å². The first kappa shape index (κ1) is 18.8. The number of hydrogen-bond acceptors (Lipinski definition) is 1. The zero-order valence-electron chi connectivity index (χ0n) is 14.2. The van der Waals surface area contributed by atoms with Crippen LogP contribution in [0.5, 0.6) is 0 Å². The van der Waals surface area contributed by atoms with Crippen molar-refractivity contribution in [2.24, 2.45) is 0 Å². The van der Waals surface area contributed by atoms with Gasteiger partial charge >= 0.3 is 0 Å². The van der Waals surface area contributed by atoms with Crippen molar-refractivity contribution < 1.29 is 22.0 Å². The predicted molar refractivity (Wildman–Crippen MR) is 94.4 cm³/mol. The molecule has 1 heterocycles. The summed E-state index contributed by atoms with van der Waals surface area (Å²) in [4.78, 5) is 4.21. The van der Waals surface area contributed by atoms with Gasteiger partial charge in [-0.2, -0.15) is 0 Å². The van der Waals surface area contributed by atoms with Crippen molar-refractivity contribution in [2.45, 2.75) is 13.3 Å². The predicted octanol–water partition coefficient (Wildman–Crippen LogP) is 6.85. The van der Waals surface area contributed by atoms with Gasteiger partial charge in [0.1, 0.15) is 5.83 Å². The van der Waals surface area contributed by atoms with Crippen molar-refractivity contribution in [3.05, 3.63) is 83.6 Å². The van der Waals surface area contributed by atoms with E-state index in [2.05, 4.69) is 4.98 Å². The Labute approximate surface area is 152 Å². The van der Waals surface area contributed by atoms with Crippen LogP contribution in [0.4, 0.5) is 22.0 Å². The van der Waals surface area contributed by atoms with Crippen LogP contribution in [0.25, 0.3) is 28.2 Å². The lowest BCUT2D eigenvalue weighted by Crippen LogP contribution is -1.92. The van der Waals surface area contributed by atoms with Crippen LogP contribution in [-0.2, 0) is 0 Å². The largest absolute Gasteiger partial charge is 0.256 e. The molecule has 0 amide bonds. The van der Waals surface area contributed by atoms with E-state index in [0.29, 0.717) is 16.8 Å². The lowest BCUT2D eigenvalue weighted by Gasteiger charge is -2.06. The highest BCUT2D eigenvalue weighted by atomic mass is 19.2. The number of rotatable bonds is 4. The van der Waals surface area contributed by atoms with Gasteiger partial charge in [-0.15, -0.1) is 0 Å². The van der Waals surface area contributed by atoms with E-state index in [9.17, 15) is 22.0 Å². The van der Waals surface area contributed by atoms with Crippen molar-refractivity contribution in [1.82, 2.24) is 4.98 Å². The van der Waals surface area contributed by atoms with E-state index >= 15 is 0 Å². The first-order valence-corrected chi connectivity index (χ1v) is 8.16. The van der Waals surface area contributed by atoms with Crippen molar-refractivity contribution >= 4 is 5.83 Å². The van der Waals surface area contributed by atoms with E-state index in [1.807, 2.05) is 0 Å². The van der Waals surface area contributed by atoms with E-state index in [0.717, 1.165) is 12.1 Å². The molecule has 0 aliphatic heterocycles. The minimum atomic E-state index is -1.52. The third-order valence-electron chi connectivity index (χ3n) is 4.06. The van der Waals surface area contributed by atoms with Gasteiger partial charge in [0, 0.05) is 22.9 Å². The average molecular weight is 375 g/mol. The summed E-state index contributed by atoms with van der Waals surface area (Å²) in [6.07, 6.45) is 1.37. The number of halogens is 5. The van der Waals surface area contributed by atoms with Gasteiger partial charge in [-0.1, -0.05) is 37.3 Å². The fourth-order valence-electron chi connectivity index (χ4n) is 2.56. The van der Waals surface area contributed by atoms with E-state index in [-0.39, 0.29) is 17.5 Å². The molecular weight excluding hydrogens is 361 g/mol. The summed E-state index contributed by atoms with van der Waals surface area (Å²) in [6, 6.07) is 11.1. The summed E-state index contributed by atoms with van der Waals surface area (Å²) >= 11 is 0. The molecule has 3 rings (SSSR count).